The van der Waals surface area contributed by atoms with Crippen molar-refractivity contribution in [2.24, 2.45) is 5.92 Å². The molecule has 0 saturated heterocycles. The van der Waals surface area contributed by atoms with E-state index in [1.807, 2.05) is 0 Å². The predicted octanol–water partition coefficient (Wildman–Crippen LogP) is 1.52. The molecule has 0 unspecified atom stereocenters. The molecule has 2 aromatic rings. The Morgan fingerprint density at radius 1 is 1.58 bits per heavy atom. The summed E-state index contributed by atoms with van der Waals surface area (Å²) < 4.78 is 1.67. The average Bonchev–Trinajstić information content (AvgIpc) is 3.12. The molecule has 100 valence electrons. The van der Waals surface area contributed by atoms with Crippen LogP contribution in [0.2, 0.25) is 0 Å². The van der Waals surface area contributed by atoms with Crippen molar-refractivity contribution in [1.29, 1.82) is 0 Å². The fraction of sp³-hybridized carbons (Fsp3) is 0.462. The molecule has 3 rings (SSSR count). The molecule has 1 fully saturated rings. The van der Waals surface area contributed by atoms with Crippen LogP contribution in [0.5, 0.6) is 0 Å². The minimum atomic E-state index is -0.158. The van der Waals surface area contributed by atoms with E-state index < -0.39 is 0 Å². The van der Waals surface area contributed by atoms with Gasteiger partial charge >= 0.3 is 0 Å². The number of nitrogens with zero attached hydrogens (tertiary/aromatic N) is 3. The van der Waals surface area contributed by atoms with E-state index in [4.69, 9.17) is 0 Å². The monoisotopic (exact) mass is 259 g/mol. The zero-order chi connectivity index (χ0) is 13.2. The molecule has 1 aliphatic carbocycles. The fourth-order valence-electron chi connectivity index (χ4n) is 2.11. The van der Waals surface area contributed by atoms with Crippen LogP contribution in [0.1, 0.15) is 19.3 Å². The predicted molar refractivity (Wildman–Crippen MR) is 74.2 cm³/mol. The zero-order valence-electron chi connectivity index (χ0n) is 10.7. The summed E-state index contributed by atoms with van der Waals surface area (Å²) in [6.07, 6.45) is 7.06. The first kappa shape index (κ1) is 12.0. The second-order valence-corrected chi connectivity index (χ2v) is 4.93. The van der Waals surface area contributed by atoms with Crippen LogP contribution in [0.4, 0.5) is 5.95 Å². The van der Waals surface area contributed by atoms with Gasteiger partial charge in [0.25, 0.3) is 5.56 Å². The first-order valence-electron chi connectivity index (χ1n) is 6.58. The van der Waals surface area contributed by atoms with Crippen molar-refractivity contribution in [2.45, 2.75) is 25.8 Å². The van der Waals surface area contributed by atoms with Crippen molar-refractivity contribution in [2.75, 3.05) is 11.9 Å². The SMILES string of the molecule is C=CCn1ncc2c(=O)[nH]c(NCCC3CC3)nc21. The highest BCUT2D eigenvalue weighted by Gasteiger charge is 2.20. The smallest absolute Gasteiger partial charge is 0.263 e. The van der Waals surface area contributed by atoms with Crippen LogP contribution in [0.3, 0.4) is 0 Å². The zero-order valence-corrected chi connectivity index (χ0v) is 10.7. The number of nitrogens with one attached hydrogen (secondary N) is 2. The summed E-state index contributed by atoms with van der Waals surface area (Å²) in [5, 5.41) is 7.82. The maximum absolute atomic E-state index is 11.9. The average molecular weight is 259 g/mol. The van der Waals surface area contributed by atoms with E-state index in [0.717, 1.165) is 18.9 Å². The Bertz CT molecular complexity index is 653. The Balaban J connectivity index is 1.84. The third kappa shape index (κ3) is 2.52. The Morgan fingerprint density at radius 3 is 3.16 bits per heavy atom. The van der Waals surface area contributed by atoms with Crippen molar-refractivity contribution in [1.82, 2.24) is 19.7 Å². The maximum Gasteiger partial charge on any atom is 0.263 e. The summed E-state index contributed by atoms with van der Waals surface area (Å²) in [5.41, 5.74) is 0.437. The molecular weight excluding hydrogens is 242 g/mol. The minimum absolute atomic E-state index is 0.158. The van der Waals surface area contributed by atoms with Gasteiger partial charge < -0.3 is 5.32 Å². The minimum Gasteiger partial charge on any atom is -0.356 e. The highest BCUT2D eigenvalue weighted by Crippen LogP contribution is 2.31. The van der Waals surface area contributed by atoms with Crippen LogP contribution in [0.25, 0.3) is 11.0 Å². The van der Waals surface area contributed by atoms with Gasteiger partial charge in [-0.25, -0.2) is 4.68 Å². The number of anilines is 1. The lowest BCUT2D eigenvalue weighted by Crippen LogP contribution is -2.14. The van der Waals surface area contributed by atoms with Gasteiger partial charge in [0.15, 0.2) is 5.65 Å². The van der Waals surface area contributed by atoms with Gasteiger partial charge in [-0.2, -0.15) is 10.1 Å². The number of H-pyrrole nitrogens is 1. The molecule has 19 heavy (non-hydrogen) atoms. The quantitative estimate of drug-likeness (QED) is 0.771. The Kier molecular flexibility index (Phi) is 3.06. The molecule has 0 amide bonds. The number of rotatable bonds is 6. The molecule has 1 saturated carbocycles. The van der Waals surface area contributed by atoms with E-state index in [0.29, 0.717) is 23.5 Å². The molecule has 6 heteroatoms. The highest BCUT2D eigenvalue weighted by atomic mass is 16.1. The molecule has 0 spiro atoms. The van der Waals surface area contributed by atoms with E-state index in [1.54, 1.807) is 17.0 Å². The number of aromatic nitrogens is 4. The lowest BCUT2D eigenvalue weighted by Gasteiger charge is -2.05. The Labute approximate surface area is 110 Å². The fourth-order valence-corrected chi connectivity index (χ4v) is 2.11. The van der Waals surface area contributed by atoms with Gasteiger partial charge in [-0.3, -0.25) is 9.78 Å². The second kappa shape index (κ2) is 4.87. The maximum atomic E-state index is 11.9. The third-order valence-corrected chi connectivity index (χ3v) is 3.35. The molecule has 0 atom stereocenters. The summed E-state index contributed by atoms with van der Waals surface area (Å²) in [6, 6.07) is 0. The van der Waals surface area contributed by atoms with Crippen LogP contribution < -0.4 is 10.9 Å². The molecule has 1 aliphatic rings. The normalized spacial score (nSPS) is 14.7. The number of allylic oxidation sites excluding steroid dienone is 1. The molecule has 2 aromatic heterocycles. The van der Waals surface area contributed by atoms with Crippen LogP contribution in [0, 0.1) is 5.92 Å². The topological polar surface area (TPSA) is 75.6 Å². The van der Waals surface area contributed by atoms with Crippen molar-refractivity contribution in [3.8, 4) is 0 Å². The summed E-state index contributed by atoms with van der Waals surface area (Å²) in [4.78, 5) is 19.1. The first-order valence-corrected chi connectivity index (χ1v) is 6.58. The number of hydrogen-bond donors (Lipinski definition) is 2. The van der Waals surface area contributed by atoms with Crippen LogP contribution >= 0.6 is 0 Å². The van der Waals surface area contributed by atoms with Crippen LogP contribution in [-0.2, 0) is 6.54 Å². The number of hydrogen-bond acceptors (Lipinski definition) is 4. The highest BCUT2D eigenvalue weighted by molar-refractivity contribution is 5.74. The lowest BCUT2D eigenvalue weighted by molar-refractivity contribution is 0.719. The largest absolute Gasteiger partial charge is 0.356 e. The van der Waals surface area contributed by atoms with E-state index in [-0.39, 0.29) is 5.56 Å². The Morgan fingerprint density at radius 2 is 2.42 bits per heavy atom. The van der Waals surface area contributed by atoms with Crippen LogP contribution in [-0.4, -0.2) is 26.3 Å². The number of fused-ring (bicyclic) bond motifs is 1. The van der Waals surface area contributed by atoms with Gasteiger partial charge in [-0.05, 0) is 12.3 Å². The molecule has 0 aromatic carbocycles. The third-order valence-electron chi connectivity index (χ3n) is 3.35. The molecule has 0 radical (unpaired) electrons. The lowest BCUT2D eigenvalue weighted by atomic mass is 10.3. The molecule has 2 heterocycles. The second-order valence-electron chi connectivity index (χ2n) is 4.93. The van der Waals surface area contributed by atoms with Crippen LogP contribution in [0.15, 0.2) is 23.6 Å². The van der Waals surface area contributed by atoms with Crippen molar-refractivity contribution in [3.63, 3.8) is 0 Å². The standard InChI is InChI=1S/C13H17N5O/c1-2-7-18-11-10(8-15-18)12(19)17-13(16-11)14-6-5-9-3-4-9/h2,8-9H,1,3-7H2,(H2,14,16,17,19). The summed E-state index contributed by atoms with van der Waals surface area (Å²) >= 11 is 0. The molecule has 0 aliphatic heterocycles. The van der Waals surface area contributed by atoms with Gasteiger partial charge in [0, 0.05) is 6.54 Å². The van der Waals surface area contributed by atoms with Gasteiger partial charge in [0.1, 0.15) is 5.39 Å². The van der Waals surface area contributed by atoms with E-state index >= 15 is 0 Å². The van der Waals surface area contributed by atoms with Gasteiger partial charge in [0.2, 0.25) is 5.95 Å². The molecule has 0 bridgehead atoms. The molecular formula is C13H17N5O. The van der Waals surface area contributed by atoms with Crippen molar-refractivity contribution < 1.29 is 0 Å². The van der Waals surface area contributed by atoms with Crippen molar-refractivity contribution >= 4 is 17.0 Å². The number of aromatic amines is 1. The summed E-state index contributed by atoms with van der Waals surface area (Å²) in [5.74, 6) is 1.37. The van der Waals surface area contributed by atoms with E-state index in [9.17, 15) is 4.79 Å². The van der Waals surface area contributed by atoms with Gasteiger partial charge in [0.05, 0.1) is 12.7 Å². The first-order chi connectivity index (χ1) is 9.28. The van der Waals surface area contributed by atoms with Gasteiger partial charge in [-0.1, -0.05) is 18.9 Å². The summed E-state index contributed by atoms with van der Waals surface area (Å²) in [7, 11) is 0. The summed E-state index contributed by atoms with van der Waals surface area (Å²) in [6.45, 7) is 5.06. The van der Waals surface area contributed by atoms with E-state index in [1.165, 1.54) is 12.8 Å². The van der Waals surface area contributed by atoms with Crippen molar-refractivity contribution in [3.05, 3.63) is 29.2 Å². The molecule has 2 N–H and O–H groups in total. The van der Waals surface area contributed by atoms with Gasteiger partial charge in [-0.15, -0.1) is 6.58 Å². The van der Waals surface area contributed by atoms with E-state index in [2.05, 4.69) is 27.0 Å². The Hall–Kier alpha value is -2.11. The molecule has 6 nitrogen and oxygen atoms in total.